The molecular weight excluding hydrogens is 829 g/mol. The first-order valence-corrected chi connectivity index (χ1v) is 23.1. The molecule has 0 saturated carbocycles. The predicted octanol–water partition coefficient (Wildman–Crippen LogP) is 6.27. The number of nitrogens with two attached hydrogens (primary N) is 4. The second-order valence-electron chi connectivity index (χ2n) is 18.4. The molecule has 2 aliphatic heterocycles. The molecule has 2 saturated heterocycles. The average molecular weight is 903 g/mol. The fraction of sp³-hybridized carbons (Fsp3) is 0.462. The number of nitrogens with one attached hydrogen (secondary N) is 2. The fourth-order valence-corrected chi connectivity index (χ4v) is 9.19. The molecule has 6 rings (SSSR count). The lowest BCUT2D eigenvalue weighted by Gasteiger charge is -2.37. The Morgan fingerprint density at radius 2 is 0.773 bits per heavy atom. The second-order valence-corrected chi connectivity index (χ2v) is 18.4. The van der Waals surface area contributed by atoms with Crippen molar-refractivity contribution >= 4 is 46.4 Å². The van der Waals surface area contributed by atoms with Crippen molar-refractivity contribution in [3.63, 3.8) is 0 Å². The largest absolute Gasteiger partial charge is 0.398 e. The van der Waals surface area contributed by atoms with Crippen LogP contribution in [0.25, 0.3) is 0 Å². The van der Waals surface area contributed by atoms with Crippen LogP contribution < -0.4 is 33.6 Å². The van der Waals surface area contributed by atoms with Gasteiger partial charge in [-0.2, -0.15) is 0 Å². The van der Waals surface area contributed by atoms with E-state index in [9.17, 15) is 19.2 Å². The van der Waals surface area contributed by atoms with Gasteiger partial charge >= 0.3 is 0 Å². The molecule has 2 heterocycles. The highest BCUT2D eigenvalue weighted by atomic mass is 16.2. The first-order chi connectivity index (χ1) is 31.2. The van der Waals surface area contributed by atoms with Crippen LogP contribution in [0.1, 0.15) is 102 Å². The third-order valence-electron chi connectivity index (χ3n) is 14.5. The van der Waals surface area contributed by atoms with Gasteiger partial charge in [0.1, 0.15) is 0 Å². The number of nitrogen functional groups attached to an aromatic ring is 2. The Kier molecular flexibility index (Phi) is 17.3. The number of nitrogens with zero attached hydrogens (tertiary/aromatic N) is 4. The summed E-state index contributed by atoms with van der Waals surface area (Å²) in [4.78, 5) is 56.9. The van der Waals surface area contributed by atoms with E-state index in [0.717, 1.165) is 143 Å². The highest BCUT2D eigenvalue weighted by Gasteiger charge is 2.27. The summed E-state index contributed by atoms with van der Waals surface area (Å²) in [6.45, 7) is 22.2. The van der Waals surface area contributed by atoms with Gasteiger partial charge in [0.15, 0.2) is 0 Å². The zero-order chi connectivity index (χ0) is 48.6. The number of carbonyl (C=O) groups excluding carboxylic acids is 4. The maximum absolute atomic E-state index is 12.9. The molecule has 356 valence electrons. The third kappa shape index (κ3) is 12.2. The summed E-state index contributed by atoms with van der Waals surface area (Å²) < 4.78 is 0. The third-order valence-corrected chi connectivity index (χ3v) is 14.5. The monoisotopic (exact) mass is 903 g/mol. The molecule has 0 unspecified atom stereocenters. The first-order valence-electron chi connectivity index (χ1n) is 23.1. The summed E-state index contributed by atoms with van der Waals surface area (Å²) in [6, 6.07) is 15.4. The van der Waals surface area contributed by atoms with Gasteiger partial charge in [-0.1, -0.05) is 24.3 Å². The van der Waals surface area contributed by atoms with Crippen molar-refractivity contribution in [1.82, 2.24) is 19.6 Å². The van der Waals surface area contributed by atoms with Crippen LogP contribution in [-0.4, -0.2) is 109 Å². The van der Waals surface area contributed by atoms with E-state index < -0.39 is 11.8 Å². The number of rotatable bonds is 14. The second kappa shape index (κ2) is 22.4. The van der Waals surface area contributed by atoms with Crippen LogP contribution in [0.5, 0.6) is 0 Å². The number of carbonyl (C=O) groups is 4. The topological polar surface area (TPSA) is 209 Å². The number of primary amides is 2. The molecule has 0 bridgehead atoms. The zero-order valence-electron chi connectivity index (χ0n) is 41.0. The number of anilines is 4. The Hall–Kier alpha value is -6.12. The summed E-state index contributed by atoms with van der Waals surface area (Å²) in [5, 5.41) is 6.75. The number of likely N-dealkylation sites (tertiary alicyclic amines) is 2. The summed E-state index contributed by atoms with van der Waals surface area (Å²) in [5.41, 5.74) is 38.8. The van der Waals surface area contributed by atoms with E-state index in [4.69, 9.17) is 22.9 Å². The number of hydrogen-bond donors (Lipinski definition) is 6. The van der Waals surface area contributed by atoms with Crippen molar-refractivity contribution in [3.8, 4) is 0 Å². The summed E-state index contributed by atoms with van der Waals surface area (Å²) in [7, 11) is 3.82. The Bertz CT molecular complexity index is 2160. The SMILES string of the molecule is Cc1c(C)c(NCC(=O)N(C)C2CCN(Cc3ccc(C(N)=O)cc3)CC2)c(C)c(C)c1N.Cc1c(C)c(NCC(=O)N(C)C2CCN(Cc3ccc(C(N)=O)cc3)CC2)c(C)c(C)c1N. The normalized spacial score (nSPS) is 14.8. The number of hydrogen-bond acceptors (Lipinski definition) is 10. The molecular formula is C52H74N10O4. The van der Waals surface area contributed by atoms with E-state index >= 15 is 0 Å². The predicted molar refractivity (Wildman–Crippen MR) is 269 cm³/mol. The molecule has 0 aliphatic carbocycles. The highest BCUT2D eigenvalue weighted by Crippen LogP contribution is 2.33. The molecule has 0 radical (unpaired) electrons. The summed E-state index contributed by atoms with van der Waals surface area (Å²) in [5.74, 6) is -0.615. The van der Waals surface area contributed by atoms with E-state index in [1.165, 1.54) is 0 Å². The quantitative estimate of drug-likeness (QED) is 0.0782. The minimum Gasteiger partial charge on any atom is -0.398 e. The maximum atomic E-state index is 12.9. The van der Waals surface area contributed by atoms with Gasteiger partial charge in [-0.3, -0.25) is 29.0 Å². The summed E-state index contributed by atoms with van der Waals surface area (Å²) in [6.07, 6.45) is 3.78. The number of benzene rings is 4. The minimum atomic E-state index is -0.406. The van der Waals surface area contributed by atoms with Crippen LogP contribution in [0.3, 0.4) is 0 Å². The average Bonchev–Trinajstić information content (AvgIpc) is 3.31. The van der Waals surface area contributed by atoms with Gasteiger partial charge in [-0.25, -0.2) is 0 Å². The standard InChI is InChI=1S/2C26H37N5O2/c2*1-16-18(3)25(19(4)17(2)24(16)27)29-14-23(32)30(5)22-10-12-31(13-11-22)15-20-6-8-21(9-7-20)26(28)33/h2*6-9,22,29H,10-15,27H2,1-5H3,(H2,28,33). The van der Waals surface area contributed by atoms with Gasteiger partial charge in [0.2, 0.25) is 23.6 Å². The number of piperidine rings is 2. The van der Waals surface area contributed by atoms with Gasteiger partial charge in [-0.15, -0.1) is 0 Å². The minimum absolute atomic E-state index is 0.0985. The van der Waals surface area contributed by atoms with E-state index in [2.05, 4.69) is 20.4 Å². The van der Waals surface area contributed by atoms with Gasteiger partial charge in [0.25, 0.3) is 0 Å². The van der Waals surface area contributed by atoms with Gasteiger partial charge in [0.05, 0.1) is 13.1 Å². The van der Waals surface area contributed by atoms with Crippen molar-refractivity contribution < 1.29 is 19.2 Å². The van der Waals surface area contributed by atoms with Crippen LogP contribution in [0, 0.1) is 55.4 Å². The molecule has 4 aromatic rings. The van der Waals surface area contributed by atoms with E-state index in [1.807, 2.05) is 104 Å². The fourth-order valence-electron chi connectivity index (χ4n) is 9.19. The zero-order valence-corrected chi connectivity index (χ0v) is 41.0. The van der Waals surface area contributed by atoms with E-state index in [-0.39, 0.29) is 37.0 Å². The maximum Gasteiger partial charge on any atom is 0.248 e. The number of amides is 4. The van der Waals surface area contributed by atoms with Gasteiger partial charge in [0, 0.05) is 99.3 Å². The molecule has 66 heavy (non-hydrogen) atoms. The molecule has 0 atom stereocenters. The Morgan fingerprint density at radius 3 is 1.03 bits per heavy atom. The van der Waals surface area contributed by atoms with Crippen LogP contribution in [0.2, 0.25) is 0 Å². The number of likely N-dealkylation sites (N-methyl/N-ethyl adjacent to an activating group) is 2. The molecule has 2 aliphatic rings. The lowest BCUT2D eigenvalue weighted by atomic mass is 9.96. The smallest absolute Gasteiger partial charge is 0.248 e. The van der Waals surface area contributed by atoms with Crippen LogP contribution in [0.4, 0.5) is 22.7 Å². The Labute approximate surface area is 392 Å². The Morgan fingerprint density at radius 1 is 0.500 bits per heavy atom. The molecule has 14 nitrogen and oxygen atoms in total. The lowest BCUT2D eigenvalue weighted by Crippen LogP contribution is -2.46. The van der Waals surface area contributed by atoms with Crippen molar-refractivity contribution in [1.29, 1.82) is 0 Å². The lowest BCUT2D eigenvalue weighted by molar-refractivity contribution is -0.131. The van der Waals surface area contributed by atoms with Gasteiger partial charge < -0.3 is 43.4 Å². The molecule has 4 aromatic carbocycles. The molecule has 0 spiro atoms. The molecule has 4 amide bonds. The van der Waals surface area contributed by atoms with Crippen molar-refractivity contribution in [2.24, 2.45) is 11.5 Å². The van der Waals surface area contributed by atoms with Crippen LogP contribution in [-0.2, 0) is 22.7 Å². The first kappa shape index (κ1) is 50.9. The molecule has 2 fully saturated rings. The van der Waals surface area contributed by atoms with E-state index in [1.54, 1.807) is 24.3 Å². The van der Waals surface area contributed by atoms with Gasteiger partial charge in [-0.05, 0) is 161 Å². The molecule has 0 aromatic heterocycles. The summed E-state index contributed by atoms with van der Waals surface area (Å²) >= 11 is 0. The van der Waals surface area contributed by atoms with E-state index in [0.29, 0.717) is 11.1 Å². The van der Waals surface area contributed by atoms with Crippen molar-refractivity contribution in [2.75, 3.05) is 75.5 Å². The highest BCUT2D eigenvalue weighted by molar-refractivity contribution is 5.93. The Balaban J connectivity index is 0.000000247. The van der Waals surface area contributed by atoms with Crippen LogP contribution in [0.15, 0.2) is 48.5 Å². The van der Waals surface area contributed by atoms with Crippen LogP contribution >= 0.6 is 0 Å². The van der Waals surface area contributed by atoms with Crippen molar-refractivity contribution in [3.05, 3.63) is 115 Å². The molecule has 10 N–H and O–H groups in total. The molecule has 14 heteroatoms. The van der Waals surface area contributed by atoms with Crippen molar-refractivity contribution in [2.45, 2.75) is 106 Å².